The topological polar surface area (TPSA) is 53.6 Å². The van der Waals surface area contributed by atoms with Crippen molar-refractivity contribution in [1.29, 1.82) is 0 Å². The Balaban J connectivity index is 2.01. The maximum absolute atomic E-state index is 4.38. The number of aryl methyl sites for hydroxylation is 1. The third kappa shape index (κ3) is 2.81. The average Bonchev–Trinajstić information content (AvgIpc) is 2.90. The smallest absolute Gasteiger partial charge is 0.0926 e. The second-order valence-electron chi connectivity index (χ2n) is 5.36. The van der Waals surface area contributed by atoms with E-state index >= 15 is 0 Å². The van der Waals surface area contributed by atoms with Gasteiger partial charge in [0.1, 0.15) is 0 Å². The highest BCUT2D eigenvalue weighted by molar-refractivity contribution is 5.81. The van der Waals surface area contributed by atoms with E-state index < -0.39 is 0 Å². The molecule has 21 heavy (non-hydrogen) atoms. The van der Waals surface area contributed by atoms with Crippen molar-refractivity contribution in [2.75, 3.05) is 13.6 Å². The summed E-state index contributed by atoms with van der Waals surface area (Å²) in [5.74, 6) is 0.340. The zero-order valence-electron chi connectivity index (χ0n) is 12.4. The van der Waals surface area contributed by atoms with Crippen molar-refractivity contribution in [3.8, 4) is 0 Å². The number of benzene rings is 1. The van der Waals surface area contributed by atoms with Crippen molar-refractivity contribution in [1.82, 2.24) is 20.5 Å². The van der Waals surface area contributed by atoms with Crippen LogP contribution in [-0.2, 0) is 0 Å². The van der Waals surface area contributed by atoms with Gasteiger partial charge in [-0.15, -0.1) is 0 Å². The van der Waals surface area contributed by atoms with Crippen LogP contribution in [0.25, 0.3) is 10.9 Å². The molecule has 0 aliphatic carbocycles. The monoisotopic (exact) mass is 280 g/mol. The van der Waals surface area contributed by atoms with Gasteiger partial charge in [-0.3, -0.25) is 10.1 Å². The lowest BCUT2D eigenvalue weighted by Gasteiger charge is -2.17. The molecule has 3 aromatic rings. The highest BCUT2D eigenvalue weighted by Gasteiger charge is 2.15. The van der Waals surface area contributed by atoms with Gasteiger partial charge in [0.15, 0.2) is 0 Å². The fraction of sp³-hybridized carbons (Fsp3) is 0.294. The van der Waals surface area contributed by atoms with Crippen LogP contribution in [0.15, 0.2) is 42.7 Å². The Hall–Kier alpha value is -2.20. The van der Waals surface area contributed by atoms with Crippen LogP contribution < -0.4 is 5.32 Å². The van der Waals surface area contributed by atoms with E-state index in [1.54, 1.807) is 0 Å². The van der Waals surface area contributed by atoms with Crippen LogP contribution in [0.1, 0.15) is 29.2 Å². The summed E-state index contributed by atoms with van der Waals surface area (Å²) < 4.78 is 0. The molecule has 0 radical (unpaired) electrons. The number of rotatable bonds is 5. The van der Waals surface area contributed by atoms with Crippen LogP contribution in [0.2, 0.25) is 0 Å². The summed E-state index contributed by atoms with van der Waals surface area (Å²) in [5, 5.41) is 11.9. The molecule has 0 spiro atoms. The average molecular weight is 280 g/mol. The molecule has 4 nitrogen and oxygen atoms in total. The number of pyridine rings is 1. The normalized spacial score (nSPS) is 12.7. The molecule has 2 heterocycles. The molecule has 1 unspecified atom stereocenters. The molecule has 0 amide bonds. The molecule has 4 heteroatoms. The predicted molar refractivity (Wildman–Crippen MR) is 85.5 cm³/mol. The lowest BCUT2D eigenvalue weighted by atomic mass is 9.89. The molecular formula is C17H20N4. The molecule has 0 aliphatic rings. The van der Waals surface area contributed by atoms with Gasteiger partial charge in [0.25, 0.3) is 0 Å². The van der Waals surface area contributed by atoms with E-state index in [0.29, 0.717) is 5.92 Å². The Labute approximate surface area is 124 Å². The zero-order chi connectivity index (χ0) is 14.7. The Morgan fingerprint density at radius 2 is 2.14 bits per heavy atom. The number of fused-ring (bicyclic) bond motifs is 1. The molecule has 0 fully saturated rings. The Bertz CT molecular complexity index is 718. The number of aromatic nitrogens is 3. The van der Waals surface area contributed by atoms with Crippen LogP contribution in [0, 0.1) is 6.92 Å². The first-order valence-corrected chi connectivity index (χ1v) is 7.28. The maximum Gasteiger partial charge on any atom is 0.0926 e. The summed E-state index contributed by atoms with van der Waals surface area (Å²) >= 11 is 0. The molecule has 0 saturated carbocycles. The van der Waals surface area contributed by atoms with Crippen molar-refractivity contribution >= 4 is 10.9 Å². The molecule has 0 aliphatic heterocycles. The van der Waals surface area contributed by atoms with E-state index in [1.165, 1.54) is 16.5 Å². The molecule has 2 aromatic heterocycles. The first kappa shape index (κ1) is 13.8. The molecule has 0 bridgehead atoms. The molecule has 1 aromatic carbocycles. The second-order valence-corrected chi connectivity index (χ2v) is 5.36. The number of hydrogen-bond acceptors (Lipinski definition) is 3. The summed E-state index contributed by atoms with van der Waals surface area (Å²) in [6, 6.07) is 10.7. The van der Waals surface area contributed by atoms with E-state index in [2.05, 4.69) is 51.7 Å². The molecule has 2 N–H and O–H groups in total. The Morgan fingerprint density at radius 3 is 2.90 bits per heavy atom. The third-order valence-electron chi connectivity index (χ3n) is 3.94. The van der Waals surface area contributed by atoms with Crippen molar-refractivity contribution in [3.63, 3.8) is 0 Å². The summed E-state index contributed by atoms with van der Waals surface area (Å²) in [6.45, 7) is 3.02. The second kappa shape index (κ2) is 6.06. The quantitative estimate of drug-likeness (QED) is 0.755. The van der Waals surface area contributed by atoms with Crippen molar-refractivity contribution in [2.24, 2.45) is 0 Å². The molecule has 1 atom stereocenters. The van der Waals surface area contributed by atoms with Crippen LogP contribution in [0.5, 0.6) is 0 Å². The molecule has 3 rings (SSSR count). The minimum absolute atomic E-state index is 0.340. The van der Waals surface area contributed by atoms with E-state index in [0.717, 1.165) is 24.2 Å². The fourth-order valence-electron chi connectivity index (χ4n) is 2.78. The van der Waals surface area contributed by atoms with Gasteiger partial charge < -0.3 is 5.32 Å². The lowest BCUT2D eigenvalue weighted by molar-refractivity contribution is 0.660. The number of H-pyrrole nitrogens is 1. The fourth-order valence-corrected chi connectivity index (χ4v) is 2.78. The predicted octanol–water partition coefficient (Wildman–Crippen LogP) is 3.01. The standard InChI is InChI=1S/C17H20N4/c1-12-15-6-5-13(10-17(15)21-20-12)16(7-9-18-2)14-4-3-8-19-11-14/h3-6,8,10-11,16,18H,7,9H2,1-2H3,(H,20,21). The van der Waals surface area contributed by atoms with Gasteiger partial charge in [0.2, 0.25) is 0 Å². The van der Waals surface area contributed by atoms with Crippen LogP contribution in [-0.4, -0.2) is 28.8 Å². The first-order chi connectivity index (χ1) is 10.3. The van der Waals surface area contributed by atoms with Gasteiger partial charge >= 0.3 is 0 Å². The number of hydrogen-bond donors (Lipinski definition) is 2. The van der Waals surface area contributed by atoms with E-state index in [9.17, 15) is 0 Å². The number of aromatic amines is 1. The van der Waals surface area contributed by atoms with Gasteiger partial charge in [0.05, 0.1) is 5.52 Å². The van der Waals surface area contributed by atoms with Gasteiger partial charge in [0, 0.05) is 29.4 Å². The van der Waals surface area contributed by atoms with E-state index in [4.69, 9.17) is 0 Å². The van der Waals surface area contributed by atoms with Crippen molar-refractivity contribution < 1.29 is 0 Å². The summed E-state index contributed by atoms with van der Waals surface area (Å²) in [5.41, 5.74) is 4.68. The zero-order valence-corrected chi connectivity index (χ0v) is 12.4. The van der Waals surface area contributed by atoms with Gasteiger partial charge in [-0.1, -0.05) is 18.2 Å². The van der Waals surface area contributed by atoms with Crippen molar-refractivity contribution in [2.45, 2.75) is 19.3 Å². The lowest BCUT2D eigenvalue weighted by Crippen LogP contribution is -2.13. The maximum atomic E-state index is 4.38. The largest absolute Gasteiger partial charge is 0.320 e. The van der Waals surface area contributed by atoms with Crippen LogP contribution in [0.3, 0.4) is 0 Å². The number of nitrogens with zero attached hydrogens (tertiary/aromatic N) is 2. The van der Waals surface area contributed by atoms with E-state index in [-0.39, 0.29) is 0 Å². The summed E-state index contributed by atoms with van der Waals surface area (Å²) in [4.78, 5) is 4.26. The van der Waals surface area contributed by atoms with Gasteiger partial charge in [-0.05, 0) is 50.2 Å². The molecule has 108 valence electrons. The van der Waals surface area contributed by atoms with Gasteiger partial charge in [-0.25, -0.2) is 0 Å². The highest BCUT2D eigenvalue weighted by atomic mass is 15.1. The molecular weight excluding hydrogens is 260 g/mol. The summed E-state index contributed by atoms with van der Waals surface area (Å²) in [6.07, 6.45) is 4.82. The van der Waals surface area contributed by atoms with Crippen LogP contribution in [0.4, 0.5) is 0 Å². The van der Waals surface area contributed by atoms with E-state index in [1.807, 2.05) is 25.5 Å². The number of nitrogens with one attached hydrogen (secondary N) is 2. The van der Waals surface area contributed by atoms with Gasteiger partial charge in [-0.2, -0.15) is 5.10 Å². The highest BCUT2D eigenvalue weighted by Crippen LogP contribution is 2.29. The minimum Gasteiger partial charge on any atom is -0.320 e. The van der Waals surface area contributed by atoms with Crippen LogP contribution >= 0.6 is 0 Å². The Morgan fingerprint density at radius 1 is 1.24 bits per heavy atom. The SMILES string of the molecule is CNCCC(c1cccnc1)c1ccc2c(C)[nH]nc2c1. The molecule has 0 saturated heterocycles. The summed E-state index contributed by atoms with van der Waals surface area (Å²) in [7, 11) is 1.99. The first-order valence-electron chi connectivity index (χ1n) is 7.28. The van der Waals surface area contributed by atoms with Crippen molar-refractivity contribution in [3.05, 3.63) is 59.5 Å². The minimum atomic E-state index is 0.340. The Kier molecular flexibility index (Phi) is 3.97. The third-order valence-corrected chi connectivity index (χ3v) is 3.94.